The highest BCUT2D eigenvalue weighted by atomic mass is 16.5. The number of rotatable bonds is 11. The zero-order chi connectivity index (χ0) is 28.3. The van der Waals surface area contributed by atoms with Crippen LogP contribution in [0.1, 0.15) is 42.9 Å². The van der Waals surface area contributed by atoms with Crippen LogP contribution in [0.5, 0.6) is 5.75 Å². The summed E-state index contributed by atoms with van der Waals surface area (Å²) in [6.07, 6.45) is 3.82. The van der Waals surface area contributed by atoms with Crippen LogP contribution in [0.2, 0.25) is 0 Å². The van der Waals surface area contributed by atoms with Gasteiger partial charge < -0.3 is 24.5 Å². The number of ketones is 1. The summed E-state index contributed by atoms with van der Waals surface area (Å²) in [7, 11) is 3.86. The minimum absolute atomic E-state index is 0.187. The van der Waals surface area contributed by atoms with E-state index in [4.69, 9.17) is 4.74 Å². The Morgan fingerprint density at radius 1 is 1.10 bits per heavy atom. The van der Waals surface area contributed by atoms with Crippen LogP contribution < -0.4 is 9.64 Å². The molecule has 2 amide bonds. The van der Waals surface area contributed by atoms with E-state index in [0.29, 0.717) is 48.7 Å². The maximum Gasteiger partial charge on any atom is 0.296 e. The van der Waals surface area contributed by atoms with Gasteiger partial charge in [-0.3, -0.25) is 14.4 Å². The van der Waals surface area contributed by atoms with Gasteiger partial charge in [0.25, 0.3) is 17.6 Å². The van der Waals surface area contributed by atoms with E-state index in [-0.39, 0.29) is 23.8 Å². The average molecular weight is 532 g/mol. The molecule has 1 fully saturated rings. The third-order valence-electron chi connectivity index (χ3n) is 7.34. The fourth-order valence-electron chi connectivity index (χ4n) is 5.50. The van der Waals surface area contributed by atoms with Gasteiger partial charge in [0.1, 0.15) is 18.1 Å². The number of carbonyl (C=O) groups excluding carboxylic acids is 3. The van der Waals surface area contributed by atoms with Gasteiger partial charge in [-0.25, -0.2) is 0 Å². The number of carbonyl (C=O) groups is 3. The standard InChI is InChI=1S/C31H37N3O5/c1-6-8-17-33-24-13-10-9-12-23(24)31(30(33)38)26(28(36)29(37)34(31)18-11-16-32(4)5)27(35)22-14-15-25(21(3)20-22)39-19-7-2/h7,9-10,12-15,20,35H,2,6,8,11,16-19H2,1,3-5H3/b27-26+. The SMILES string of the molecule is C=CCOc1ccc(/C(O)=C2/C(=O)C(=O)N(CCCN(C)C)C23C(=O)N(CCCC)c2ccccc23)cc1C. The fraction of sp³-hybridized carbons (Fsp3) is 0.387. The summed E-state index contributed by atoms with van der Waals surface area (Å²) >= 11 is 0. The number of aliphatic hydroxyl groups excluding tert-OH is 1. The van der Waals surface area contributed by atoms with Gasteiger partial charge >= 0.3 is 0 Å². The minimum atomic E-state index is -1.74. The first-order valence-electron chi connectivity index (χ1n) is 13.4. The molecule has 0 bridgehead atoms. The predicted molar refractivity (Wildman–Crippen MR) is 152 cm³/mol. The van der Waals surface area contributed by atoms with Crippen molar-refractivity contribution < 1.29 is 24.2 Å². The Bertz CT molecular complexity index is 1330. The number of Topliss-reactive ketones (excluding diaryl/α,β-unsaturated/α-hetero) is 1. The highest BCUT2D eigenvalue weighted by molar-refractivity contribution is 6.50. The number of fused-ring (bicyclic) bond motifs is 2. The molecule has 39 heavy (non-hydrogen) atoms. The van der Waals surface area contributed by atoms with Crippen molar-refractivity contribution in [3.63, 3.8) is 0 Å². The van der Waals surface area contributed by atoms with Crippen molar-refractivity contribution in [2.75, 3.05) is 45.2 Å². The van der Waals surface area contributed by atoms with Gasteiger partial charge in [0.15, 0.2) is 5.54 Å². The fourth-order valence-corrected chi connectivity index (χ4v) is 5.50. The summed E-state index contributed by atoms with van der Waals surface area (Å²) in [6, 6.07) is 12.3. The molecular formula is C31H37N3O5. The molecule has 1 N–H and O–H groups in total. The number of amides is 2. The lowest BCUT2D eigenvalue weighted by Gasteiger charge is -2.35. The van der Waals surface area contributed by atoms with Crippen LogP contribution in [0.15, 0.2) is 60.7 Å². The van der Waals surface area contributed by atoms with E-state index in [0.717, 1.165) is 18.4 Å². The van der Waals surface area contributed by atoms with Gasteiger partial charge in [0.05, 0.1) is 11.3 Å². The second kappa shape index (κ2) is 11.5. The molecule has 1 unspecified atom stereocenters. The minimum Gasteiger partial charge on any atom is -0.507 e. The predicted octanol–water partition coefficient (Wildman–Crippen LogP) is 4.23. The Morgan fingerprint density at radius 3 is 2.51 bits per heavy atom. The smallest absolute Gasteiger partial charge is 0.296 e. The maximum absolute atomic E-state index is 14.5. The number of unbranched alkanes of at least 4 members (excludes halogenated alkanes) is 1. The molecule has 0 radical (unpaired) electrons. The Labute approximate surface area is 230 Å². The van der Waals surface area contributed by atoms with Crippen molar-refractivity contribution in [2.24, 2.45) is 0 Å². The Kier molecular flexibility index (Phi) is 8.25. The van der Waals surface area contributed by atoms with Crippen LogP contribution in [0.3, 0.4) is 0 Å². The van der Waals surface area contributed by atoms with E-state index in [9.17, 15) is 19.5 Å². The Morgan fingerprint density at radius 2 is 1.85 bits per heavy atom. The summed E-state index contributed by atoms with van der Waals surface area (Å²) in [4.78, 5) is 46.9. The van der Waals surface area contributed by atoms with Crippen LogP contribution in [0, 0.1) is 6.92 Å². The Hall–Kier alpha value is -3.91. The van der Waals surface area contributed by atoms with Gasteiger partial charge in [-0.1, -0.05) is 44.2 Å². The molecule has 1 saturated heterocycles. The molecule has 0 aromatic heterocycles. The quantitative estimate of drug-likeness (QED) is 0.202. The van der Waals surface area contributed by atoms with Gasteiger partial charge in [-0.2, -0.15) is 0 Å². The molecule has 8 nitrogen and oxygen atoms in total. The first kappa shape index (κ1) is 28.1. The van der Waals surface area contributed by atoms with Crippen LogP contribution in [-0.4, -0.2) is 72.8 Å². The van der Waals surface area contributed by atoms with Crippen molar-refractivity contribution in [3.8, 4) is 5.75 Å². The molecule has 2 aromatic rings. The number of anilines is 1. The number of hydrogen-bond donors (Lipinski definition) is 1. The van der Waals surface area contributed by atoms with Crippen molar-refractivity contribution in [1.82, 2.24) is 9.80 Å². The van der Waals surface area contributed by atoms with Crippen molar-refractivity contribution >= 4 is 29.0 Å². The molecule has 2 aromatic carbocycles. The van der Waals surface area contributed by atoms with E-state index in [1.807, 2.05) is 45.0 Å². The molecule has 0 saturated carbocycles. The summed E-state index contributed by atoms with van der Waals surface area (Å²) < 4.78 is 5.66. The van der Waals surface area contributed by atoms with Gasteiger partial charge in [-0.15, -0.1) is 0 Å². The van der Waals surface area contributed by atoms with Crippen molar-refractivity contribution in [2.45, 2.75) is 38.6 Å². The highest BCUT2D eigenvalue weighted by Crippen LogP contribution is 2.53. The number of nitrogens with zero attached hydrogens (tertiary/aromatic N) is 3. The molecule has 1 atom stereocenters. The first-order valence-corrected chi connectivity index (χ1v) is 13.4. The molecule has 2 heterocycles. The van der Waals surface area contributed by atoms with Gasteiger partial charge in [-0.05, 0) is 70.2 Å². The van der Waals surface area contributed by atoms with Crippen LogP contribution in [0.25, 0.3) is 5.76 Å². The lowest BCUT2D eigenvalue weighted by Crippen LogP contribution is -2.52. The number of aliphatic hydroxyl groups is 1. The van der Waals surface area contributed by atoms with Crippen LogP contribution in [0.4, 0.5) is 5.69 Å². The molecule has 8 heteroatoms. The highest BCUT2D eigenvalue weighted by Gasteiger charge is 2.66. The van der Waals surface area contributed by atoms with E-state index < -0.39 is 17.2 Å². The number of ether oxygens (including phenoxy) is 1. The monoisotopic (exact) mass is 531 g/mol. The second-order valence-corrected chi connectivity index (χ2v) is 10.3. The molecule has 1 spiro atoms. The van der Waals surface area contributed by atoms with Crippen LogP contribution in [-0.2, 0) is 19.9 Å². The van der Waals surface area contributed by atoms with E-state index >= 15 is 0 Å². The molecule has 2 aliphatic rings. The normalized spacial score (nSPS) is 19.9. The zero-order valence-electron chi connectivity index (χ0n) is 23.2. The molecule has 4 rings (SSSR count). The number of hydrogen-bond acceptors (Lipinski definition) is 6. The van der Waals surface area contributed by atoms with Gasteiger partial charge in [0.2, 0.25) is 0 Å². The zero-order valence-corrected chi connectivity index (χ0v) is 23.2. The number of benzene rings is 2. The first-order chi connectivity index (χ1) is 18.7. The lowest BCUT2D eigenvalue weighted by molar-refractivity contribution is -0.143. The Balaban J connectivity index is 1.94. The van der Waals surface area contributed by atoms with Crippen molar-refractivity contribution in [3.05, 3.63) is 77.4 Å². The number of para-hydroxylation sites is 1. The second-order valence-electron chi connectivity index (χ2n) is 10.3. The molecule has 0 aliphatic carbocycles. The largest absolute Gasteiger partial charge is 0.507 e. The summed E-state index contributed by atoms with van der Waals surface area (Å²) in [5.41, 5.74) is 0.346. The summed E-state index contributed by atoms with van der Waals surface area (Å²) in [5.74, 6) is -1.79. The lowest BCUT2D eigenvalue weighted by atomic mass is 9.81. The molecular weight excluding hydrogens is 494 g/mol. The average Bonchev–Trinajstić information content (AvgIpc) is 3.29. The molecule has 2 aliphatic heterocycles. The van der Waals surface area contributed by atoms with Gasteiger partial charge in [0, 0.05) is 24.2 Å². The van der Waals surface area contributed by atoms with Crippen molar-refractivity contribution in [1.29, 1.82) is 0 Å². The number of aryl methyl sites for hydroxylation is 1. The molecule has 206 valence electrons. The summed E-state index contributed by atoms with van der Waals surface area (Å²) in [6.45, 7) is 9.16. The maximum atomic E-state index is 14.5. The van der Waals surface area contributed by atoms with E-state index in [2.05, 4.69) is 6.58 Å². The third kappa shape index (κ3) is 4.74. The van der Waals surface area contributed by atoms with E-state index in [1.165, 1.54) is 4.90 Å². The van der Waals surface area contributed by atoms with Crippen LogP contribution >= 0.6 is 0 Å². The number of likely N-dealkylation sites (tertiary alicyclic amines) is 1. The summed E-state index contributed by atoms with van der Waals surface area (Å²) in [5, 5.41) is 11.7. The van der Waals surface area contributed by atoms with E-state index in [1.54, 1.807) is 41.3 Å². The topological polar surface area (TPSA) is 90.4 Å². The third-order valence-corrected chi connectivity index (χ3v) is 7.34.